The summed E-state index contributed by atoms with van der Waals surface area (Å²) >= 11 is 2.35. The van der Waals surface area contributed by atoms with Crippen LogP contribution in [0.5, 0.6) is 0 Å². The van der Waals surface area contributed by atoms with E-state index in [0.717, 1.165) is 19.3 Å². The molecular weight excluding hydrogens is 293 g/mol. The molecule has 1 fully saturated rings. The van der Waals surface area contributed by atoms with Crippen LogP contribution in [0, 0.1) is 17.8 Å². The molecule has 0 saturated heterocycles. The summed E-state index contributed by atoms with van der Waals surface area (Å²) < 4.78 is 0.436. The van der Waals surface area contributed by atoms with Crippen LogP contribution in [0.15, 0.2) is 0 Å². The van der Waals surface area contributed by atoms with Crippen molar-refractivity contribution in [1.29, 1.82) is 0 Å². The fraction of sp³-hybridized carbons (Fsp3) is 0.700. The van der Waals surface area contributed by atoms with Crippen LogP contribution < -0.4 is 10.4 Å². The van der Waals surface area contributed by atoms with E-state index in [-0.39, 0.29) is 12.0 Å². The lowest BCUT2D eigenvalue weighted by atomic mass is 9.85. The highest BCUT2D eigenvalue weighted by atomic mass is 127. The van der Waals surface area contributed by atoms with Crippen LogP contribution in [-0.4, -0.2) is 16.1 Å². The van der Waals surface area contributed by atoms with Crippen LogP contribution >= 0.6 is 22.6 Å². The number of amides is 1. The summed E-state index contributed by atoms with van der Waals surface area (Å²) in [6.45, 7) is 1.79. The molecule has 0 spiro atoms. The molecule has 0 aromatic heterocycles. The number of halogens is 1. The number of carbonyl (C=O) groups excluding carboxylic acids is 1. The molecule has 0 aromatic rings. The molecule has 1 rings (SSSR count). The van der Waals surface area contributed by atoms with Crippen LogP contribution in [0.25, 0.3) is 0 Å². The Labute approximate surface area is 97.8 Å². The van der Waals surface area contributed by atoms with Crippen LogP contribution in [0.1, 0.15) is 26.2 Å². The largest absolute Gasteiger partial charge is 0.530 e. The highest BCUT2D eigenvalue weighted by molar-refractivity contribution is 14.1. The molecule has 4 heteroatoms. The minimum absolute atomic E-state index is 0.0527. The van der Waals surface area contributed by atoms with Gasteiger partial charge in [0.25, 0.3) is 0 Å². The number of alkyl halides is 1. The van der Waals surface area contributed by atoms with Gasteiger partial charge in [-0.15, -0.1) is 5.92 Å². The molecule has 3 atom stereocenters. The maximum absolute atomic E-state index is 10.5. The van der Waals surface area contributed by atoms with E-state index in [0.29, 0.717) is 3.92 Å². The van der Waals surface area contributed by atoms with Crippen molar-refractivity contribution < 1.29 is 9.90 Å². The lowest BCUT2D eigenvalue weighted by Crippen LogP contribution is -2.49. The normalized spacial score (nSPS) is 31.4. The number of carbonyl (C=O) groups is 1. The second-order valence-corrected chi connectivity index (χ2v) is 5.01. The molecule has 14 heavy (non-hydrogen) atoms. The average molecular weight is 306 g/mol. The molecule has 3 nitrogen and oxygen atoms in total. The predicted octanol–water partition coefficient (Wildman–Crippen LogP) is 0.915. The van der Waals surface area contributed by atoms with E-state index in [1.54, 1.807) is 6.92 Å². The number of carboxylic acid groups (broad SMARTS) is 1. The van der Waals surface area contributed by atoms with Crippen molar-refractivity contribution in [3.8, 4) is 11.8 Å². The van der Waals surface area contributed by atoms with Crippen molar-refractivity contribution in [2.24, 2.45) is 5.92 Å². The smallest absolute Gasteiger partial charge is 0.134 e. The van der Waals surface area contributed by atoms with Gasteiger partial charge in [-0.05, 0) is 19.8 Å². The van der Waals surface area contributed by atoms with Gasteiger partial charge in [0, 0.05) is 9.97 Å². The summed E-state index contributed by atoms with van der Waals surface area (Å²) in [5, 5.41) is 12.9. The Morgan fingerprint density at radius 1 is 1.57 bits per heavy atom. The van der Waals surface area contributed by atoms with Crippen molar-refractivity contribution in [2.75, 3.05) is 0 Å². The van der Waals surface area contributed by atoms with E-state index >= 15 is 0 Å². The quantitative estimate of drug-likeness (QED) is 0.445. The molecular formula is C10H13INO2-. The van der Waals surface area contributed by atoms with E-state index < -0.39 is 6.09 Å². The van der Waals surface area contributed by atoms with Crippen LogP contribution in [0.3, 0.4) is 0 Å². The SMILES string of the molecule is CC#CC1C(I)CCCC1NC(=O)[O-]. The third-order valence-electron chi connectivity index (χ3n) is 2.43. The number of hydrogen-bond acceptors (Lipinski definition) is 2. The highest BCUT2D eigenvalue weighted by Crippen LogP contribution is 2.30. The fourth-order valence-electron chi connectivity index (χ4n) is 1.81. The van der Waals surface area contributed by atoms with Gasteiger partial charge in [0.2, 0.25) is 0 Å². The van der Waals surface area contributed by atoms with Gasteiger partial charge in [0.15, 0.2) is 0 Å². The summed E-state index contributed by atoms with van der Waals surface area (Å²) in [4.78, 5) is 10.5. The zero-order valence-electron chi connectivity index (χ0n) is 8.05. The first-order valence-corrected chi connectivity index (χ1v) is 5.93. The summed E-state index contributed by atoms with van der Waals surface area (Å²) in [7, 11) is 0. The molecule has 0 radical (unpaired) electrons. The second kappa shape index (κ2) is 5.44. The third-order valence-corrected chi connectivity index (χ3v) is 3.83. The Morgan fingerprint density at radius 2 is 2.29 bits per heavy atom. The van der Waals surface area contributed by atoms with E-state index in [1.807, 2.05) is 0 Å². The molecule has 0 heterocycles. The molecule has 78 valence electrons. The monoisotopic (exact) mass is 306 g/mol. The van der Waals surface area contributed by atoms with E-state index in [1.165, 1.54) is 0 Å². The van der Waals surface area contributed by atoms with Gasteiger partial charge in [-0.25, -0.2) is 0 Å². The van der Waals surface area contributed by atoms with E-state index in [9.17, 15) is 9.90 Å². The first-order chi connectivity index (χ1) is 6.65. The van der Waals surface area contributed by atoms with Crippen molar-refractivity contribution in [3.05, 3.63) is 0 Å². The molecule has 3 unspecified atom stereocenters. The molecule has 0 bridgehead atoms. The topological polar surface area (TPSA) is 52.2 Å². The van der Waals surface area contributed by atoms with Gasteiger partial charge in [-0.2, -0.15) is 0 Å². The Morgan fingerprint density at radius 3 is 2.86 bits per heavy atom. The van der Waals surface area contributed by atoms with E-state index in [4.69, 9.17) is 0 Å². The van der Waals surface area contributed by atoms with Crippen LogP contribution in [0.2, 0.25) is 0 Å². The summed E-state index contributed by atoms with van der Waals surface area (Å²) in [5.74, 6) is 6.07. The van der Waals surface area contributed by atoms with Crippen molar-refractivity contribution >= 4 is 28.7 Å². The summed E-state index contributed by atoms with van der Waals surface area (Å²) in [6, 6.07) is -0.0527. The average Bonchev–Trinajstić information content (AvgIpc) is 2.10. The first kappa shape index (κ1) is 11.6. The Balaban J connectivity index is 2.67. The number of nitrogens with one attached hydrogen (secondary N) is 1. The van der Waals surface area contributed by atoms with Gasteiger partial charge in [0.1, 0.15) is 6.09 Å². The molecule has 1 amide bonds. The molecule has 1 aliphatic carbocycles. The number of rotatable bonds is 1. The van der Waals surface area contributed by atoms with E-state index in [2.05, 4.69) is 39.7 Å². The lowest BCUT2D eigenvalue weighted by Gasteiger charge is -2.33. The Hall–Kier alpha value is -0.440. The standard InChI is InChI=1S/C10H14INO2/c1-2-4-7-8(11)5-3-6-9(7)12-10(13)14/h7-9,12H,3,5-6H2,1H3,(H,13,14)/p-1. The molecule has 1 saturated carbocycles. The maximum atomic E-state index is 10.5. The molecule has 1 aliphatic rings. The van der Waals surface area contributed by atoms with Gasteiger partial charge in [-0.1, -0.05) is 34.9 Å². The van der Waals surface area contributed by atoms with Crippen LogP contribution in [0.4, 0.5) is 4.79 Å². The zero-order valence-corrected chi connectivity index (χ0v) is 10.2. The maximum Gasteiger partial charge on any atom is 0.134 e. The lowest BCUT2D eigenvalue weighted by molar-refractivity contribution is -0.252. The second-order valence-electron chi connectivity index (χ2n) is 3.41. The fourth-order valence-corrected chi connectivity index (χ4v) is 2.94. The minimum Gasteiger partial charge on any atom is -0.530 e. The minimum atomic E-state index is -1.19. The molecule has 0 aromatic carbocycles. The van der Waals surface area contributed by atoms with Crippen molar-refractivity contribution in [2.45, 2.75) is 36.2 Å². The zero-order chi connectivity index (χ0) is 10.6. The van der Waals surface area contributed by atoms with Gasteiger partial charge in [0.05, 0.1) is 5.92 Å². The highest BCUT2D eigenvalue weighted by Gasteiger charge is 2.30. The third kappa shape index (κ3) is 3.05. The van der Waals surface area contributed by atoms with Crippen LogP contribution in [-0.2, 0) is 0 Å². The molecule has 0 aliphatic heterocycles. The Kier molecular flexibility index (Phi) is 4.52. The summed E-state index contributed by atoms with van der Waals surface area (Å²) in [6.07, 6.45) is 1.85. The van der Waals surface area contributed by atoms with Crippen molar-refractivity contribution in [3.63, 3.8) is 0 Å². The molecule has 1 N–H and O–H groups in total. The predicted molar refractivity (Wildman–Crippen MR) is 60.9 cm³/mol. The Bertz CT molecular complexity index is 269. The van der Waals surface area contributed by atoms with Crippen molar-refractivity contribution in [1.82, 2.24) is 5.32 Å². The van der Waals surface area contributed by atoms with Gasteiger partial charge in [-0.3, -0.25) is 0 Å². The van der Waals surface area contributed by atoms with Gasteiger partial charge >= 0.3 is 0 Å². The summed E-state index contributed by atoms with van der Waals surface area (Å²) in [5.41, 5.74) is 0. The first-order valence-electron chi connectivity index (χ1n) is 4.69. The van der Waals surface area contributed by atoms with Gasteiger partial charge < -0.3 is 15.2 Å². The number of hydrogen-bond donors (Lipinski definition) is 1.